The Labute approximate surface area is 138 Å². The third-order valence-electron chi connectivity index (χ3n) is 4.59. The molecule has 0 saturated carbocycles. The van der Waals surface area contributed by atoms with Crippen LogP contribution >= 0.6 is 0 Å². The van der Waals surface area contributed by atoms with Gasteiger partial charge in [0.2, 0.25) is 0 Å². The van der Waals surface area contributed by atoms with E-state index in [1.165, 1.54) is 24.3 Å². The molecule has 2 atom stereocenters. The molecule has 3 rings (SSSR count). The number of piperidine rings is 1. The SMILES string of the molecule is CC1CCCC(C)N1C(=O)c1cc2cc([N+](=O)[O-])ccc2oc1=O. The zero-order valence-electron chi connectivity index (χ0n) is 13.5. The van der Waals surface area contributed by atoms with Crippen molar-refractivity contribution in [1.29, 1.82) is 0 Å². The van der Waals surface area contributed by atoms with Gasteiger partial charge in [-0.15, -0.1) is 0 Å². The van der Waals surface area contributed by atoms with Gasteiger partial charge in [-0.05, 0) is 45.2 Å². The Balaban J connectivity index is 2.07. The maximum Gasteiger partial charge on any atom is 0.349 e. The summed E-state index contributed by atoms with van der Waals surface area (Å²) in [7, 11) is 0. The molecule has 2 aromatic rings. The molecule has 7 nitrogen and oxygen atoms in total. The number of nitrogens with zero attached hydrogens (tertiary/aromatic N) is 2. The van der Waals surface area contributed by atoms with Crippen molar-refractivity contribution >= 4 is 22.6 Å². The van der Waals surface area contributed by atoms with Gasteiger partial charge in [0.25, 0.3) is 11.6 Å². The fraction of sp³-hybridized carbons (Fsp3) is 0.412. The molecule has 2 unspecified atom stereocenters. The Morgan fingerprint density at radius 1 is 1.25 bits per heavy atom. The van der Waals surface area contributed by atoms with Crippen molar-refractivity contribution in [3.05, 3.63) is 50.4 Å². The van der Waals surface area contributed by atoms with Gasteiger partial charge in [-0.25, -0.2) is 4.79 Å². The van der Waals surface area contributed by atoms with E-state index in [4.69, 9.17) is 4.42 Å². The van der Waals surface area contributed by atoms with Gasteiger partial charge >= 0.3 is 5.63 Å². The molecule has 0 aliphatic carbocycles. The van der Waals surface area contributed by atoms with Gasteiger partial charge in [-0.2, -0.15) is 0 Å². The Kier molecular flexibility index (Phi) is 4.09. The molecule has 1 saturated heterocycles. The third-order valence-corrected chi connectivity index (χ3v) is 4.59. The molecular weight excluding hydrogens is 312 g/mol. The summed E-state index contributed by atoms with van der Waals surface area (Å²) in [6.07, 6.45) is 2.82. The summed E-state index contributed by atoms with van der Waals surface area (Å²) >= 11 is 0. The minimum Gasteiger partial charge on any atom is -0.422 e. The van der Waals surface area contributed by atoms with Crippen LogP contribution in [-0.4, -0.2) is 27.8 Å². The molecule has 1 amide bonds. The second kappa shape index (κ2) is 6.07. The fourth-order valence-electron chi connectivity index (χ4n) is 3.33. The summed E-state index contributed by atoms with van der Waals surface area (Å²) in [6.45, 7) is 3.92. The van der Waals surface area contributed by atoms with Crippen molar-refractivity contribution in [2.75, 3.05) is 0 Å². The molecule has 1 aliphatic rings. The molecule has 1 aliphatic heterocycles. The van der Waals surface area contributed by atoms with Crippen LogP contribution in [0.3, 0.4) is 0 Å². The smallest absolute Gasteiger partial charge is 0.349 e. The van der Waals surface area contributed by atoms with E-state index in [0.717, 1.165) is 19.3 Å². The van der Waals surface area contributed by atoms with E-state index in [0.29, 0.717) is 5.39 Å². The monoisotopic (exact) mass is 330 g/mol. The number of benzene rings is 1. The number of hydrogen-bond donors (Lipinski definition) is 0. The lowest BCUT2D eigenvalue weighted by atomic mass is 9.96. The van der Waals surface area contributed by atoms with Crippen LogP contribution in [0, 0.1) is 10.1 Å². The fourth-order valence-corrected chi connectivity index (χ4v) is 3.33. The van der Waals surface area contributed by atoms with Crippen LogP contribution in [0.5, 0.6) is 0 Å². The lowest BCUT2D eigenvalue weighted by molar-refractivity contribution is -0.384. The van der Waals surface area contributed by atoms with E-state index in [2.05, 4.69) is 0 Å². The van der Waals surface area contributed by atoms with E-state index in [-0.39, 0.29) is 34.8 Å². The molecule has 0 bridgehead atoms. The van der Waals surface area contributed by atoms with Crippen LogP contribution in [0.15, 0.2) is 33.5 Å². The van der Waals surface area contributed by atoms with Crippen LogP contribution < -0.4 is 5.63 Å². The summed E-state index contributed by atoms with van der Waals surface area (Å²) in [4.78, 5) is 37.1. The van der Waals surface area contributed by atoms with Gasteiger partial charge in [0.05, 0.1) is 4.92 Å². The highest BCUT2D eigenvalue weighted by atomic mass is 16.6. The van der Waals surface area contributed by atoms with Crippen molar-refractivity contribution in [2.24, 2.45) is 0 Å². The van der Waals surface area contributed by atoms with Gasteiger partial charge in [-0.3, -0.25) is 14.9 Å². The summed E-state index contributed by atoms with van der Waals surface area (Å²) in [5.41, 5.74) is -0.689. The Hall–Kier alpha value is -2.70. The van der Waals surface area contributed by atoms with Crippen molar-refractivity contribution in [2.45, 2.75) is 45.2 Å². The first-order chi connectivity index (χ1) is 11.4. The summed E-state index contributed by atoms with van der Waals surface area (Å²) in [5.74, 6) is -0.378. The Morgan fingerprint density at radius 2 is 1.92 bits per heavy atom. The molecule has 7 heteroatoms. The highest BCUT2D eigenvalue weighted by Gasteiger charge is 2.31. The first kappa shape index (κ1) is 16.2. The number of non-ortho nitro benzene ring substituents is 1. The normalized spacial score (nSPS) is 21.0. The number of rotatable bonds is 2. The minimum atomic E-state index is -0.716. The lowest BCUT2D eigenvalue weighted by Gasteiger charge is -2.38. The van der Waals surface area contributed by atoms with Gasteiger partial charge in [-0.1, -0.05) is 0 Å². The summed E-state index contributed by atoms with van der Waals surface area (Å²) in [5, 5.41) is 11.3. The average molecular weight is 330 g/mol. The largest absolute Gasteiger partial charge is 0.422 e. The standard InChI is InChI=1S/C17H18N2O5/c1-10-4-3-5-11(2)18(10)16(20)14-9-12-8-13(19(22)23)6-7-15(12)24-17(14)21/h6-11H,3-5H2,1-2H3. The summed E-state index contributed by atoms with van der Waals surface area (Å²) < 4.78 is 5.18. The minimum absolute atomic E-state index is 0.0430. The molecule has 0 spiro atoms. The maximum atomic E-state index is 12.8. The van der Waals surface area contributed by atoms with Gasteiger partial charge in [0.1, 0.15) is 11.1 Å². The molecule has 1 aromatic carbocycles. The van der Waals surface area contributed by atoms with Crippen molar-refractivity contribution in [3.63, 3.8) is 0 Å². The van der Waals surface area contributed by atoms with Crippen molar-refractivity contribution in [1.82, 2.24) is 4.90 Å². The van der Waals surface area contributed by atoms with Crippen LogP contribution in [0.4, 0.5) is 5.69 Å². The number of hydrogen-bond acceptors (Lipinski definition) is 5. The number of nitro groups is 1. The Bertz CT molecular complexity index is 863. The maximum absolute atomic E-state index is 12.8. The number of fused-ring (bicyclic) bond motifs is 1. The number of amides is 1. The first-order valence-corrected chi connectivity index (χ1v) is 7.93. The molecule has 24 heavy (non-hydrogen) atoms. The van der Waals surface area contributed by atoms with Crippen molar-refractivity contribution in [3.8, 4) is 0 Å². The molecule has 0 radical (unpaired) electrons. The number of nitro benzene ring substituents is 1. The molecule has 1 aromatic heterocycles. The van der Waals surface area contributed by atoms with Crippen LogP contribution in [0.2, 0.25) is 0 Å². The van der Waals surface area contributed by atoms with E-state index >= 15 is 0 Å². The predicted molar refractivity (Wildman–Crippen MR) is 88.1 cm³/mol. The van der Waals surface area contributed by atoms with Crippen LogP contribution in [0.1, 0.15) is 43.5 Å². The lowest BCUT2D eigenvalue weighted by Crippen LogP contribution is -2.48. The zero-order chi connectivity index (χ0) is 17.4. The first-order valence-electron chi connectivity index (χ1n) is 7.93. The predicted octanol–water partition coefficient (Wildman–Crippen LogP) is 3.10. The topological polar surface area (TPSA) is 93.7 Å². The van der Waals surface area contributed by atoms with Crippen LogP contribution in [0.25, 0.3) is 11.0 Å². The van der Waals surface area contributed by atoms with E-state index in [1.54, 1.807) is 4.90 Å². The molecule has 0 N–H and O–H groups in total. The van der Waals surface area contributed by atoms with E-state index in [9.17, 15) is 19.7 Å². The molecular formula is C17H18N2O5. The van der Waals surface area contributed by atoms with Gasteiger partial charge < -0.3 is 9.32 Å². The van der Waals surface area contributed by atoms with Crippen molar-refractivity contribution < 1.29 is 14.1 Å². The second-order valence-corrected chi connectivity index (χ2v) is 6.27. The zero-order valence-corrected chi connectivity index (χ0v) is 13.5. The van der Waals surface area contributed by atoms with Gasteiger partial charge in [0, 0.05) is 29.6 Å². The summed E-state index contributed by atoms with van der Waals surface area (Å²) in [6, 6.07) is 5.42. The number of carbonyl (C=O) groups is 1. The quantitative estimate of drug-likeness (QED) is 0.479. The van der Waals surface area contributed by atoms with Gasteiger partial charge in [0.15, 0.2) is 0 Å². The molecule has 2 heterocycles. The van der Waals surface area contributed by atoms with Crippen LogP contribution in [-0.2, 0) is 0 Å². The average Bonchev–Trinajstić information content (AvgIpc) is 2.53. The second-order valence-electron chi connectivity index (χ2n) is 6.27. The highest BCUT2D eigenvalue weighted by molar-refractivity contribution is 5.97. The Morgan fingerprint density at radius 3 is 2.54 bits per heavy atom. The van der Waals surface area contributed by atoms with E-state index in [1.807, 2.05) is 13.8 Å². The number of likely N-dealkylation sites (tertiary alicyclic amines) is 1. The molecule has 1 fully saturated rings. The number of carbonyl (C=O) groups excluding carboxylic acids is 1. The third kappa shape index (κ3) is 2.77. The molecule has 126 valence electrons. The van der Waals surface area contributed by atoms with E-state index < -0.39 is 10.5 Å². The highest BCUT2D eigenvalue weighted by Crippen LogP contribution is 2.25.